The highest BCUT2D eigenvalue weighted by atomic mass is 35.5. The molecule has 0 saturated carbocycles. The van der Waals surface area contributed by atoms with E-state index in [-0.39, 0.29) is 28.1 Å². The number of nitrogens with one attached hydrogen (secondary N) is 2. The summed E-state index contributed by atoms with van der Waals surface area (Å²) < 4.78 is 0. The van der Waals surface area contributed by atoms with Gasteiger partial charge in [0.15, 0.2) is 0 Å². The van der Waals surface area contributed by atoms with E-state index in [1.807, 2.05) is 19.9 Å². The van der Waals surface area contributed by atoms with E-state index in [0.29, 0.717) is 16.3 Å². The molecule has 128 valence electrons. The summed E-state index contributed by atoms with van der Waals surface area (Å²) in [7, 11) is 0. The van der Waals surface area contributed by atoms with Crippen LogP contribution in [0.15, 0.2) is 36.4 Å². The topological polar surface area (TPSA) is 82.0 Å². The number of rotatable bonds is 4. The Balaban J connectivity index is 2.26. The molecule has 2 N–H and O–H groups in total. The number of nitrogens with zero attached hydrogens (tertiary/aromatic N) is 1. The van der Waals surface area contributed by atoms with Crippen molar-refractivity contribution in [3.8, 4) is 6.07 Å². The fraction of sp³-hybridized carbons (Fsp3) is 0.167. The predicted octanol–water partition coefficient (Wildman–Crippen LogP) is 4.26. The Hall–Kier alpha value is -2.55. The maximum Gasteiger partial charge on any atom is 0.255 e. The van der Waals surface area contributed by atoms with Gasteiger partial charge in [0.05, 0.1) is 21.3 Å². The van der Waals surface area contributed by atoms with Gasteiger partial charge in [0.25, 0.3) is 11.8 Å². The standard InChI is InChI=1S/C18H15Cl2N3O2/c1-10(2)22-17(24)12-4-6-15(20)16(8-12)23-18(25)11-3-5-14(19)13(7-11)9-21/h3-8,10H,1-2H3,(H,22,24)(H,23,25). The summed E-state index contributed by atoms with van der Waals surface area (Å²) in [5, 5.41) is 15.0. The number of benzene rings is 2. The molecule has 7 heteroatoms. The summed E-state index contributed by atoms with van der Waals surface area (Å²) in [6, 6.07) is 10.9. The monoisotopic (exact) mass is 375 g/mol. The molecule has 0 radical (unpaired) electrons. The van der Waals surface area contributed by atoms with E-state index in [1.165, 1.54) is 30.3 Å². The average Bonchev–Trinajstić information content (AvgIpc) is 2.56. The van der Waals surface area contributed by atoms with Gasteiger partial charge >= 0.3 is 0 Å². The van der Waals surface area contributed by atoms with Gasteiger partial charge < -0.3 is 10.6 Å². The number of hydrogen-bond acceptors (Lipinski definition) is 3. The van der Waals surface area contributed by atoms with Gasteiger partial charge in [-0.25, -0.2) is 0 Å². The van der Waals surface area contributed by atoms with Crippen molar-refractivity contribution in [3.05, 3.63) is 63.1 Å². The minimum absolute atomic E-state index is 0.0142. The van der Waals surface area contributed by atoms with Crippen LogP contribution in [0.1, 0.15) is 40.1 Å². The third-order valence-electron chi connectivity index (χ3n) is 3.25. The second-order valence-corrected chi connectivity index (χ2v) is 6.40. The third-order valence-corrected chi connectivity index (χ3v) is 3.90. The number of nitriles is 1. The maximum atomic E-state index is 12.4. The zero-order valence-electron chi connectivity index (χ0n) is 13.6. The smallest absolute Gasteiger partial charge is 0.255 e. The molecule has 0 spiro atoms. The molecular formula is C18H15Cl2N3O2. The van der Waals surface area contributed by atoms with Crippen LogP contribution in [-0.4, -0.2) is 17.9 Å². The first-order chi connectivity index (χ1) is 11.8. The Morgan fingerprint density at radius 1 is 1.00 bits per heavy atom. The van der Waals surface area contributed by atoms with Crippen molar-refractivity contribution in [3.63, 3.8) is 0 Å². The number of carbonyl (C=O) groups excluding carboxylic acids is 2. The average molecular weight is 376 g/mol. The summed E-state index contributed by atoms with van der Waals surface area (Å²) in [4.78, 5) is 24.5. The molecule has 0 atom stereocenters. The Morgan fingerprint density at radius 2 is 1.60 bits per heavy atom. The van der Waals surface area contributed by atoms with Crippen LogP contribution >= 0.6 is 23.2 Å². The lowest BCUT2D eigenvalue weighted by atomic mass is 10.1. The molecule has 0 bridgehead atoms. The molecule has 2 amide bonds. The molecule has 0 aliphatic heterocycles. The molecule has 25 heavy (non-hydrogen) atoms. The second-order valence-electron chi connectivity index (χ2n) is 5.58. The van der Waals surface area contributed by atoms with Crippen LogP contribution in [0.3, 0.4) is 0 Å². The van der Waals surface area contributed by atoms with Crippen molar-refractivity contribution < 1.29 is 9.59 Å². The first-order valence-electron chi connectivity index (χ1n) is 7.43. The summed E-state index contributed by atoms with van der Waals surface area (Å²) in [6.45, 7) is 3.70. The van der Waals surface area contributed by atoms with Gasteiger partial charge in [-0.1, -0.05) is 23.2 Å². The largest absolute Gasteiger partial charge is 0.350 e. The summed E-state index contributed by atoms with van der Waals surface area (Å²) >= 11 is 12.0. The van der Waals surface area contributed by atoms with E-state index in [2.05, 4.69) is 10.6 Å². The number of amides is 2. The van der Waals surface area contributed by atoms with Gasteiger partial charge in [0, 0.05) is 17.2 Å². The van der Waals surface area contributed by atoms with Gasteiger partial charge in [0.1, 0.15) is 6.07 Å². The van der Waals surface area contributed by atoms with Gasteiger partial charge in [-0.3, -0.25) is 9.59 Å². The van der Waals surface area contributed by atoms with E-state index in [4.69, 9.17) is 28.5 Å². The number of anilines is 1. The van der Waals surface area contributed by atoms with E-state index in [1.54, 1.807) is 6.07 Å². The first-order valence-corrected chi connectivity index (χ1v) is 8.19. The molecule has 0 saturated heterocycles. The normalized spacial score (nSPS) is 10.2. The van der Waals surface area contributed by atoms with Crippen LogP contribution in [-0.2, 0) is 0 Å². The van der Waals surface area contributed by atoms with Gasteiger partial charge in [-0.05, 0) is 50.2 Å². The molecule has 0 unspecified atom stereocenters. The van der Waals surface area contributed by atoms with Crippen LogP contribution in [0, 0.1) is 11.3 Å². The van der Waals surface area contributed by atoms with E-state index in [9.17, 15) is 9.59 Å². The van der Waals surface area contributed by atoms with Crippen LogP contribution in [0.4, 0.5) is 5.69 Å². The lowest BCUT2D eigenvalue weighted by molar-refractivity contribution is 0.0942. The van der Waals surface area contributed by atoms with E-state index < -0.39 is 5.91 Å². The molecule has 0 aliphatic rings. The molecule has 0 aromatic heterocycles. The Bertz CT molecular complexity index is 873. The molecule has 2 aromatic rings. The van der Waals surface area contributed by atoms with Gasteiger partial charge in [-0.2, -0.15) is 5.26 Å². The summed E-state index contributed by atoms with van der Waals surface area (Å²) in [6.07, 6.45) is 0. The molecule has 0 aliphatic carbocycles. The highest BCUT2D eigenvalue weighted by Gasteiger charge is 2.14. The van der Waals surface area contributed by atoms with Crippen molar-refractivity contribution in [1.82, 2.24) is 5.32 Å². The molecular weight excluding hydrogens is 361 g/mol. The van der Waals surface area contributed by atoms with Crippen LogP contribution < -0.4 is 10.6 Å². The van der Waals surface area contributed by atoms with Gasteiger partial charge in [0.2, 0.25) is 0 Å². The Morgan fingerprint density at radius 3 is 2.20 bits per heavy atom. The highest BCUT2D eigenvalue weighted by Crippen LogP contribution is 2.24. The zero-order chi connectivity index (χ0) is 18.6. The number of halogens is 2. The maximum absolute atomic E-state index is 12.4. The third kappa shape index (κ3) is 4.72. The molecule has 2 aromatic carbocycles. The molecule has 5 nitrogen and oxygen atoms in total. The fourth-order valence-electron chi connectivity index (χ4n) is 2.05. The second kappa shape index (κ2) is 8.02. The minimum atomic E-state index is -0.462. The van der Waals surface area contributed by atoms with Gasteiger partial charge in [-0.15, -0.1) is 0 Å². The van der Waals surface area contributed by atoms with Crippen molar-refractivity contribution in [1.29, 1.82) is 5.26 Å². The number of hydrogen-bond donors (Lipinski definition) is 2. The SMILES string of the molecule is CC(C)NC(=O)c1ccc(Cl)c(NC(=O)c2ccc(Cl)c(C#N)c2)c1. The van der Waals surface area contributed by atoms with Crippen molar-refractivity contribution in [2.45, 2.75) is 19.9 Å². The highest BCUT2D eigenvalue weighted by molar-refractivity contribution is 6.34. The number of carbonyl (C=O) groups is 2. The fourth-order valence-corrected chi connectivity index (χ4v) is 2.38. The van der Waals surface area contributed by atoms with Crippen molar-refractivity contribution in [2.24, 2.45) is 0 Å². The Labute approximate surface area is 155 Å². The Kier molecular flexibility index (Phi) is 6.02. The lowest BCUT2D eigenvalue weighted by Gasteiger charge is -2.12. The van der Waals surface area contributed by atoms with Crippen molar-refractivity contribution in [2.75, 3.05) is 5.32 Å². The minimum Gasteiger partial charge on any atom is -0.350 e. The van der Waals surface area contributed by atoms with Crippen LogP contribution in [0.2, 0.25) is 10.0 Å². The zero-order valence-corrected chi connectivity index (χ0v) is 15.1. The first kappa shape index (κ1) is 18.8. The molecule has 0 heterocycles. The predicted molar refractivity (Wildman–Crippen MR) is 98.2 cm³/mol. The van der Waals surface area contributed by atoms with E-state index in [0.717, 1.165) is 0 Å². The van der Waals surface area contributed by atoms with Crippen LogP contribution in [0.5, 0.6) is 0 Å². The summed E-state index contributed by atoms with van der Waals surface area (Å²) in [5.74, 6) is -0.725. The van der Waals surface area contributed by atoms with Crippen molar-refractivity contribution >= 4 is 40.7 Å². The summed E-state index contributed by atoms with van der Waals surface area (Å²) in [5.41, 5.74) is 1.14. The lowest BCUT2D eigenvalue weighted by Crippen LogP contribution is -2.30. The quantitative estimate of drug-likeness (QED) is 0.837. The van der Waals surface area contributed by atoms with Crippen LogP contribution in [0.25, 0.3) is 0 Å². The molecule has 2 rings (SSSR count). The molecule has 0 fully saturated rings. The van der Waals surface area contributed by atoms with E-state index >= 15 is 0 Å².